The van der Waals surface area contributed by atoms with Gasteiger partial charge in [0, 0.05) is 19.6 Å². The molecule has 0 bridgehead atoms. The molecule has 114 valence electrons. The SMILES string of the molecule is C[C@H](NC(=O)N1CCN(C)CC1c1ccccc1)C(=O)O. The number of rotatable bonds is 3. The number of benzene rings is 1. The zero-order valence-corrected chi connectivity index (χ0v) is 12.3. The van der Waals surface area contributed by atoms with Gasteiger partial charge in [-0.3, -0.25) is 4.79 Å². The van der Waals surface area contributed by atoms with E-state index >= 15 is 0 Å². The number of amides is 2. The van der Waals surface area contributed by atoms with Crippen molar-refractivity contribution in [3.05, 3.63) is 35.9 Å². The molecule has 21 heavy (non-hydrogen) atoms. The number of hydrogen-bond donors (Lipinski definition) is 2. The highest BCUT2D eigenvalue weighted by atomic mass is 16.4. The van der Waals surface area contributed by atoms with Crippen molar-refractivity contribution >= 4 is 12.0 Å². The number of hydrogen-bond acceptors (Lipinski definition) is 3. The molecule has 1 aliphatic rings. The summed E-state index contributed by atoms with van der Waals surface area (Å²) in [5.74, 6) is -1.03. The van der Waals surface area contributed by atoms with Crippen LogP contribution in [-0.4, -0.2) is 59.6 Å². The lowest BCUT2D eigenvalue weighted by Gasteiger charge is -2.40. The molecule has 0 aromatic heterocycles. The van der Waals surface area contributed by atoms with Crippen LogP contribution in [0.15, 0.2) is 30.3 Å². The number of piperazine rings is 1. The highest BCUT2D eigenvalue weighted by molar-refractivity contribution is 5.82. The van der Waals surface area contributed by atoms with Gasteiger partial charge in [0.1, 0.15) is 6.04 Å². The molecule has 1 aromatic carbocycles. The van der Waals surface area contributed by atoms with Crippen LogP contribution in [0.25, 0.3) is 0 Å². The molecule has 2 amide bonds. The van der Waals surface area contributed by atoms with Gasteiger partial charge in [-0.2, -0.15) is 0 Å². The number of carbonyl (C=O) groups excluding carboxylic acids is 1. The second-order valence-electron chi connectivity index (χ2n) is 5.39. The number of likely N-dealkylation sites (N-methyl/N-ethyl adjacent to an activating group) is 1. The summed E-state index contributed by atoms with van der Waals surface area (Å²) in [6.45, 7) is 3.55. The van der Waals surface area contributed by atoms with Crippen molar-refractivity contribution in [2.24, 2.45) is 0 Å². The predicted octanol–water partition coefficient (Wildman–Crippen LogP) is 1.16. The second-order valence-corrected chi connectivity index (χ2v) is 5.39. The third-order valence-electron chi connectivity index (χ3n) is 3.74. The number of urea groups is 1. The van der Waals surface area contributed by atoms with Gasteiger partial charge in [-0.15, -0.1) is 0 Å². The topological polar surface area (TPSA) is 72.9 Å². The predicted molar refractivity (Wildman–Crippen MR) is 79.0 cm³/mol. The molecule has 0 radical (unpaired) electrons. The van der Waals surface area contributed by atoms with Gasteiger partial charge in [-0.05, 0) is 19.5 Å². The van der Waals surface area contributed by atoms with Crippen LogP contribution < -0.4 is 5.32 Å². The van der Waals surface area contributed by atoms with Gasteiger partial charge in [0.15, 0.2) is 0 Å². The van der Waals surface area contributed by atoms with Crippen LogP contribution in [0.3, 0.4) is 0 Å². The van der Waals surface area contributed by atoms with Crippen molar-refractivity contribution in [2.75, 3.05) is 26.7 Å². The van der Waals surface area contributed by atoms with Crippen LogP contribution in [0.5, 0.6) is 0 Å². The Balaban J connectivity index is 2.15. The summed E-state index contributed by atoms with van der Waals surface area (Å²) >= 11 is 0. The highest BCUT2D eigenvalue weighted by Crippen LogP contribution is 2.24. The fourth-order valence-corrected chi connectivity index (χ4v) is 2.45. The lowest BCUT2D eigenvalue weighted by molar-refractivity contribution is -0.138. The molecule has 6 heteroatoms. The van der Waals surface area contributed by atoms with Gasteiger partial charge in [0.25, 0.3) is 0 Å². The van der Waals surface area contributed by atoms with Gasteiger partial charge in [-0.25, -0.2) is 4.79 Å². The van der Waals surface area contributed by atoms with E-state index in [1.165, 1.54) is 6.92 Å². The first-order chi connectivity index (χ1) is 9.99. The minimum absolute atomic E-state index is 0.0639. The molecule has 2 atom stereocenters. The quantitative estimate of drug-likeness (QED) is 0.876. The monoisotopic (exact) mass is 291 g/mol. The summed E-state index contributed by atoms with van der Waals surface area (Å²) in [5.41, 5.74) is 1.06. The normalized spacial score (nSPS) is 20.9. The highest BCUT2D eigenvalue weighted by Gasteiger charge is 2.31. The summed E-state index contributed by atoms with van der Waals surface area (Å²) in [6.07, 6.45) is 0. The molecular weight excluding hydrogens is 270 g/mol. The Bertz CT molecular complexity index is 506. The first kappa shape index (κ1) is 15.3. The maximum atomic E-state index is 12.3. The standard InChI is InChI=1S/C15H21N3O3/c1-11(14(19)20)16-15(21)18-9-8-17(2)10-13(18)12-6-4-3-5-7-12/h3-7,11,13H,8-10H2,1-2H3,(H,16,21)(H,19,20)/t11-,13?/m0/s1. The number of carboxylic acids is 1. The Morgan fingerprint density at radius 1 is 1.29 bits per heavy atom. The first-order valence-corrected chi connectivity index (χ1v) is 7.02. The van der Waals surface area contributed by atoms with E-state index in [1.54, 1.807) is 4.90 Å². The molecule has 1 fully saturated rings. The number of nitrogens with one attached hydrogen (secondary N) is 1. The van der Waals surface area contributed by atoms with E-state index in [1.807, 2.05) is 37.4 Å². The fraction of sp³-hybridized carbons (Fsp3) is 0.467. The summed E-state index contributed by atoms with van der Waals surface area (Å²) in [5, 5.41) is 11.4. The van der Waals surface area contributed by atoms with Gasteiger partial charge in [0.05, 0.1) is 6.04 Å². The summed E-state index contributed by atoms with van der Waals surface area (Å²) < 4.78 is 0. The van der Waals surface area contributed by atoms with Gasteiger partial charge >= 0.3 is 12.0 Å². The van der Waals surface area contributed by atoms with Crippen molar-refractivity contribution in [2.45, 2.75) is 19.0 Å². The van der Waals surface area contributed by atoms with Crippen LogP contribution in [0.1, 0.15) is 18.5 Å². The molecule has 2 rings (SSSR count). The van der Waals surface area contributed by atoms with E-state index in [2.05, 4.69) is 10.2 Å². The maximum Gasteiger partial charge on any atom is 0.325 e. The van der Waals surface area contributed by atoms with E-state index in [9.17, 15) is 9.59 Å². The summed E-state index contributed by atoms with van der Waals surface area (Å²) in [7, 11) is 2.02. The van der Waals surface area contributed by atoms with E-state index < -0.39 is 12.0 Å². The van der Waals surface area contributed by atoms with Crippen LogP contribution in [0.4, 0.5) is 4.79 Å². The largest absolute Gasteiger partial charge is 0.480 e. The Kier molecular flexibility index (Phi) is 4.80. The molecular formula is C15H21N3O3. The number of carbonyl (C=O) groups is 2. The molecule has 2 N–H and O–H groups in total. The molecule has 0 saturated carbocycles. The smallest absolute Gasteiger partial charge is 0.325 e. The lowest BCUT2D eigenvalue weighted by atomic mass is 10.0. The van der Waals surface area contributed by atoms with Crippen molar-refractivity contribution in [1.82, 2.24) is 15.1 Å². The average molecular weight is 291 g/mol. The Hall–Kier alpha value is -2.08. The van der Waals surface area contributed by atoms with Crippen molar-refractivity contribution in [1.29, 1.82) is 0 Å². The maximum absolute atomic E-state index is 12.3. The molecule has 1 saturated heterocycles. The number of nitrogens with zero attached hydrogens (tertiary/aromatic N) is 2. The van der Waals surface area contributed by atoms with Crippen molar-refractivity contribution < 1.29 is 14.7 Å². The fourth-order valence-electron chi connectivity index (χ4n) is 2.45. The summed E-state index contributed by atoms with van der Waals surface area (Å²) in [4.78, 5) is 27.1. The van der Waals surface area contributed by atoms with Crippen molar-refractivity contribution in [3.63, 3.8) is 0 Å². The molecule has 1 heterocycles. The summed E-state index contributed by atoms with van der Waals surface area (Å²) in [6, 6.07) is 8.52. The zero-order valence-electron chi connectivity index (χ0n) is 12.3. The third-order valence-corrected chi connectivity index (χ3v) is 3.74. The Morgan fingerprint density at radius 3 is 2.57 bits per heavy atom. The average Bonchev–Trinajstić information content (AvgIpc) is 2.47. The minimum Gasteiger partial charge on any atom is -0.480 e. The van der Waals surface area contributed by atoms with Crippen LogP contribution in [0.2, 0.25) is 0 Å². The van der Waals surface area contributed by atoms with E-state index in [4.69, 9.17) is 5.11 Å². The molecule has 1 aliphatic heterocycles. The van der Waals surface area contributed by atoms with E-state index in [-0.39, 0.29) is 12.1 Å². The third kappa shape index (κ3) is 3.72. The second kappa shape index (κ2) is 6.58. The molecule has 0 spiro atoms. The van der Waals surface area contributed by atoms with Gasteiger partial charge in [0.2, 0.25) is 0 Å². The van der Waals surface area contributed by atoms with Crippen LogP contribution in [-0.2, 0) is 4.79 Å². The number of carboxylic acid groups (broad SMARTS) is 1. The molecule has 6 nitrogen and oxygen atoms in total. The van der Waals surface area contributed by atoms with Crippen LogP contribution in [0, 0.1) is 0 Å². The Morgan fingerprint density at radius 2 is 1.95 bits per heavy atom. The Labute approximate surface area is 124 Å². The molecule has 0 aliphatic carbocycles. The van der Waals surface area contributed by atoms with Crippen LogP contribution >= 0.6 is 0 Å². The lowest BCUT2D eigenvalue weighted by Crippen LogP contribution is -2.54. The van der Waals surface area contributed by atoms with E-state index in [0.29, 0.717) is 6.54 Å². The van der Waals surface area contributed by atoms with Gasteiger partial charge in [-0.1, -0.05) is 30.3 Å². The molecule has 1 aromatic rings. The number of aliphatic carboxylic acids is 1. The minimum atomic E-state index is -1.03. The zero-order chi connectivity index (χ0) is 15.4. The molecule has 1 unspecified atom stereocenters. The van der Waals surface area contributed by atoms with Gasteiger partial charge < -0.3 is 20.2 Å². The van der Waals surface area contributed by atoms with E-state index in [0.717, 1.165) is 18.7 Å². The van der Waals surface area contributed by atoms with Crippen molar-refractivity contribution in [3.8, 4) is 0 Å². The first-order valence-electron chi connectivity index (χ1n) is 7.02.